The minimum absolute atomic E-state index is 0.225. The van der Waals surface area contributed by atoms with Crippen LogP contribution in [-0.4, -0.2) is 11.9 Å². The van der Waals surface area contributed by atoms with Crippen molar-refractivity contribution in [1.82, 2.24) is 5.32 Å². The molecular weight excluding hydrogens is 208 g/mol. The van der Waals surface area contributed by atoms with Gasteiger partial charge in [0.25, 0.3) is 0 Å². The Kier molecular flexibility index (Phi) is 4.78. The van der Waals surface area contributed by atoms with Crippen molar-refractivity contribution in [3.05, 3.63) is 22.4 Å². The summed E-state index contributed by atoms with van der Waals surface area (Å²) in [6.07, 6.45) is 1.70. The molecule has 84 valence electrons. The zero-order chi connectivity index (χ0) is 11.3. The number of nitrogens with one attached hydrogen (secondary N) is 1. The maximum Gasteiger partial charge on any atom is 0.234 e. The molecule has 0 fully saturated rings. The second kappa shape index (κ2) is 5.88. The van der Waals surface area contributed by atoms with Crippen molar-refractivity contribution in [3.63, 3.8) is 0 Å². The van der Waals surface area contributed by atoms with Gasteiger partial charge < -0.3 is 5.73 Å². The number of amides is 1. The summed E-state index contributed by atoms with van der Waals surface area (Å²) in [6, 6.07) is 4.12. The van der Waals surface area contributed by atoms with Crippen LogP contribution in [0.2, 0.25) is 0 Å². The monoisotopic (exact) mass is 226 g/mol. The van der Waals surface area contributed by atoms with Crippen LogP contribution in [0.15, 0.2) is 17.5 Å². The third-order valence-corrected chi connectivity index (χ3v) is 3.43. The summed E-state index contributed by atoms with van der Waals surface area (Å²) in [5.74, 6) is -0.271. The number of hydrogen-bond acceptors (Lipinski definition) is 3. The molecule has 1 amide bonds. The molecule has 1 rings (SSSR count). The van der Waals surface area contributed by atoms with Crippen LogP contribution in [0.3, 0.4) is 0 Å². The first kappa shape index (κ1) is 12.2. The highest BCUT2D eigenvalue weighted by molar-refractivity contribution is 7.10. The Morgan fingerprint density at radius 1 is 1.53 bits per heavy atom. The van der Waals surface area contributed by atoms with Crippen LogP contribution in [-0.2, 0) is 4.79 Å². The fraction of sp³-hybridized carbons (Fsp3) is 0.545. The molecule has 0 aromatic carbocycles. The van der Waals surface area contributed by atoms with E-state index in [2.05, 4.69) is 18.3 Å². The lowest BCUT2D eigenvalue weighted by Gasteiger charge is -2.21. The van der Waals surface area contributed by atoms with Gasteiger partial charge in [0.1, 0.15) is 0 Å². The van der Waals surface area contributed by atoms with Crippen molar-refractivity contribution in [2.24, 2.45) is 5.73 Å². The summed E-state index contributed by atoms with van der Waals surface area (Å²) >= 11 is 1.71. The van der Waals surface area contributed by atoms with Crippen molar-refractivity contribution in [2.75, 3.05) is 0 Å². The molecule has 3 N–H and O–H groups in total. The fourth-order valence-corrected chi connectivity index (χ4v) is 2.41. The first-order valence-electron chi connectivity index (χ1n) is 5.27. The Hall–Kier alpha value is -0.870. The van der Waals surface area contributed by atoms with E-state index in [1.165, 1.54) is 4.88 Å². The molecule has 0 saturated heterocycles. The van der Waals surface area contributed by atoms with Crippen molar-refractivity contribution in [2.45, 2.75) is 38.8 Å². The van der Waals surface area contributed by atoms with Crippen molar-refractivity contribution in [1.29, 1.82) is 0 Å². The topological polar surface area (TPSA) is 55.1 Å². The second-order valence-electron chi connectivity index (χ2n) is 3.51. The third-order valence-electron chi connectivity index (χ3n) is 2.45. The first-order chi connectivity index (χ1) is 7.19. The van der Waals surface area contributed by atoms with E-state index in [4.69, 9.17) is 5.73 Å². The summed E-state index contributed by atoms with van der Waals surface area (Å²) in [5, 5.41) is 5.34. The maximum atomic E-state index is 11.1. The van der Waals surface area contributed by atoms with Crippen molar-refractivity contribution in [3.8, 4) is 0 Å². The zero-order valence-corrected chi connectivity index (χ0v) is 10.0. The number of hydrogen-bond donors (Lipinski definition) is 2. The predicted octanol–water partition coefficient (Wildman–Crippen LogP) is 2.05. The van der Waals surface area contributed by atoms with Crippen LogP contribution >= 0.6 is 11.3 Å². The lowest BCUT2D eigenvalue weighted by atomic mass is 10.1. The first-order valence-corrected chi connectivity index (χ1v) is 6.15. The average molecular weight is 226 g/mol. The van der Waals surface area contributed by atoms with Gasteiger partial charge in [0.2, 0.25) is 5.91 Å². The van der Waals surface area contributed by atoms with Gasteiger partial charge in [-0.15, -0.1) is 11.3 Å². The summed E-state index contributed by atoms with van der Waals surface area (Å²) in [5.41, 5.74) is 5.31. The average Bonchev–Trinajstić information content (AvgIpc) is 2.72. The standard InChI is InChI=1S/C11H18N2OS/c1-3-8(10-6-5-7-15-10)13-9(4-2)11(12)14/h5-9,13H,3-4H2,1-2H3,(H2,12,14). The van der Waals surface area contributed by atoms with Crippen LogP contribution in [0.25, 0.3) is 0 Å². The molecule has 0 aliphatic carbocycles. The van der Waals surface area contributed by atoms with Crippen molar-refractivity contribution >= 4 is 17.2 Å². The Labute approximate surface area is 94.7 Å². The molecule has 1 aromatic rings. The van der Waals surface area contributed by atoms with E-state index in [9.17, 15) is 4.79 Å². The van der Waals surface area contributed by atoms with Crippen LogP contribution in [0, 0.1) is 0 Å². The molecule has 0 bridgehead atoms. The summed E-state index contributed by atoms with van der Waals surface area (Å²) in [4.78, 5) is 12.4. The number of primary amides is 1. The molecule has 0 saturated carbocycles. The van der Waals surface area contributed by atoms with E-state index >= 15 is 0 Å². The lowest BCUT2D eigenvalue weighted by Crippen LogP contribution is -2.42. The highest BCUT2D eigenvalue weighted by atomic mass is 32.1. The molecular formula is C11H18N2OS. The maximum absolute atomic E-state index is 11.1. The number of rotatable bonds is 6. The van der Waals surface area contributed by atoms with Gasteiger partial charge >= 0.3 is 0 Å². The van der Waals surface area contributed by atoms with Gasteiger partial charge in [0, 0.05) is 10.9 Å². The van der Waals surface area contributed by atoms with Crippen molar-refractivity contribution < 1.29 is 4.79 Å². The summed E-state index contributed by atoms with van der Waals surface area (Å²) < 4.78 is 0. The van der Waals surface area contributed by atoms with E-state index in [-0.39, 0.29) is 18.0 Å². The smallest absolute Gasteiger partial charge is 0.234 e. The molecule has 1 aromatic heterocycles. The van der Waals surface area contributed by atoms with Gasteiger partial charge in [-0.25, -0.2) is 0 Å². The molecule has 3 nitrogen and oxygen atoms in total. The van der Waals surface area contributed by atoms with E-state index in [1.54, 1.807) is 11.3 Å². The lowest BCUT2D eigenvalue weighted by molar-refractivity contribution is -0.120. The molecule has 4 heteroatoms. The minimum Gasteiger partial charge on any atom is -0.368 e. The second-order valence-corrected chi connectivity index (χ2v) is 4.49. The van der Waals surface area contributed by atoms with E-state index in [1.807, 2.05) is 18.4 Å². The predicted molar refractivity (Wildman–Crippen MR) is 63.8 cm³/mol. The van der Waals surface area contributed by atoms with E-state index < -0.39 is 0 Å². The number of carbonyl (C=O) groups excluding carboxylic acids is 1. The summed E-state index contributed by atoms with van der Waals surface area (Å²) in [6.45, 7) is 4.06. The highest BCUT2D eigenvalue weighted by Crippen LogP contribution is 2.22. The molecule has 2 unspecified atom stereocenters. The van der Waals surface area contributed by atoms with Gasteiger partial charge in [-0.05, 0) is 24.3 Å². The zero-order valence-electron chi connectivity index (χ0n) is 9.19. The van der Waals surface area contributed by atoms with Crippen LogP contribution in [0.4, 0.5) is 0 Å². The molecule has 1 heterocycles. The van der Waals surface area contributed by atoms with E-state index in [0.29, 0.717) is 0 Å². The molecule has 0 spiro atoms. The molecule has 0 aliphatic heterocycles. The number of nitrogens with two attached hydrogens (primary N) is 1. The molecule has 2 atom stereocenters. The fourth-order valence-electron chi connectivity index (χ4n) is 1.53. The molecule has 0 aliphatic rings. The Bertz CT molecular complexity index is 298. The van der Waals surface area contributed by atoms with Gasteiger partial charge in [-0.2, -0.15) is 0 Å². The quantitative estimate of drug-likeness (QED) is 0.780. The Morgan fingerprint density at radius 2 is 2.27 bits per heavy atom. The SMILES string of the molecule is CCC(NC(CC)c1cccs1)C(N)=O. The number of carbonyl (C=O) groups is 1. The normalized spacial score (nSPS) is 14.8. The van der Waals surface area contributed by atoms with Gasteiger partial charge in [0.05, 0.1) is 6.04 Å². The van der Waals surface area contributed by atoms with Gasteiger partial charge in [-0.1, -0.05) is 19.9 Å². The minimum atomic E-state index is -0.271. The van der Waals surface area contributed by atoms with Crippen LogP contribution < -0.4 is 11.1 Å². The Morgan fingerprint density at radius 3 is 2.67 bits per heavy atom. The third kappa shape index (κ3) is 3.32. The van der Waals surface area contributed by atoms with Crippen LogP contribution in [0.5, 0.6) is 0 Å². The van der Waals surface area contributed by atoms with Gasteiger partial charge in [-0.3, -0.25) is 10.1 Å². The molecule has 0 radical (unpaired) electrons. The van der Waals surface area contributed by atoms with E-state index in [0.717, 1.165) is 12.8 Å². The van der Waals surface area contributed by atoms with Crippen LogP contribution in [0.1, 0.15) is 37.6 Å². The van der Waals surface area contributed by atoms with Gasteiger partial charge in [0.15, 0.2) is 0 Å². The Balaban J connectivity index is 2.64. The summed E-state index contributed by atoms with van der Waals surface area (Å²) in [7, 11) is 0. The number of thiophene rings is 1. The highest BCUT2D eigenvalue weighted by Gasteiger charge is 2.18. The molecule has 15 heavy (non-hydrogen) atoms. The largest absolute Gasteiger partial charge is 0.368 e.